The van der Waals surface area contributed by atoms with Crippen LogP contribution >= 0.6 is 46.4 Å². The lowest BCUT2D eigenvalue weighted by molar-refractivity contribution is -0.125. The van der Waals surface area contributed by atoms with Crippen molar-refractivity contribution in [2.75, 3.05) is 0 Å². The van der Waals surface area contributed by atoms with E-state index >= 15 is 0 Å². The molecule has 2 atom stereocenters. The SMILES string of the molecule is CC1(C)[C@@H]2CC[C@@]1(C)C(=O)/C2=C(\OC(=O)c1ccc(Cl)cc1Cl)c1ccc(Cl)cc1Cl. The number of ketones is 1. The number of halogens is 4. The Labute approximate surface area is 201 Å². The number of ether oxygens (including phenoxy) is 1. The number of hydrogen-bond acceptors (Lipinski definition) is 3. The average Bonchev–Trinajstić information content (AvgIpc) is 2.99. The molecule has 0 amide bonds. The molecule has 7 heteroatoms. The first-order valence-electron chi connectivity index (χ1n) is 9.89. The van der Waals surface area contributed by atoms with Crippen molar-refractivity contribution in [3.8, 4) is 0 Å². The topological polar surface area (TPSA) is 43.4 Å². The van der Waals surface area contributed by atoms with Crippen LogP contribution in [-0.2, 0) is 9.53 Å². The number of carbonyl (C=O) groups excluding carboxylic acids is 2. The van der Waals surface area contributed by atoms with Gasteiger partial charge in [-0.05, 0) is 60.6 Å². The zero-order chi connectivity index (χ0) is 22.7. The first-order chi connectivity index (χ1) is 14.5. The monoisotopic (exact) mass is 496 g/mol. The van der Waals surface area contributed by atoms with E-state index in [1.807, 2.05) is 6.92 Å². The molecular weight excluding hydrogens is 478 g/mol. The van der Waals surface area contributed by atoms with E-state index in [-0.39, 0.29) is 33.5 Å². The molecule has 0 radical (unpaired) electrons. The molecule has 2 aromatic carbocycles. The Morgan fingerprint density at radius 3 is 1.97 bits per heavy atom. The zero-order valence-electron chi connectivity index (χ0n) is 17.2. The van der Waals surface area contributed by atoms with Crippen LogP contribution in [-0.4, -0.2) is 11.8 Å². The molecule has 2 bridgehead atoms. The molecular formula is C24H20Cl4O3. The van der Waals surface area contributed by atoms with Crippen molar-refractivity contribution in [2.45, 2.75) is 33.6 Å². The van der Waals surface area contributed by atoms with Crippen molar-refractivity contribution in [3.63, 3.8) is 0 Å². The molecule has 0 N–H and O–H groups in total. The first kappa shape index (κ1) is 22.7. The molecule has 0 aromatic heterocycles. The van der Waals surface area contributed by atoms with Crippen LogP contribution < -0.4 is 0 Å². The number of fused-ring (bicyclic) bond motifs is 2. The van der Waals surface area contributed by atoms with Gasteiger partial charge in [0.25, 0.3) is 0 Å². The summed E-state index contributed by atoms with van der Waals surface area (Å²) in [6.07, 6.45) is 1.63. The normalized spacial score (nSPS) is 25.6. The first-order valence-corrected chi connectivity index (χ1v) is 11.4. The van der Waals surface area contributed by atoms with Crippen molar-refractivity contribution in [1.29, 1.82) is 0 Å². The minimum Gasteiger partial charge on any atom is -0.422 e. The standard InChI is InChI=1S/C24H20Cl4O3/c1-23(2)16-8-9-24(23,3)21(29)19(16)20(14-6-4-12(25)10-17(14)27)31-22(30)15-7-5-13(26)11-18(15)28/h4-7,10-11,16H,8-9H2,1-3H3/b20-19-/t16-,24+/m1/s1. The fourth-order valence-electron chi connectivity index (χ4n) is 4.86. The number of allylic oxidation sites excluding steroid dienone is 1. The van der Waals surface area contributed by atoms with Crippen LogP contribution in [0, 0.1) is 16.7 Å². The molecule has 2 aliphatic carbocycles. The minimum atomic E-state index is -0.686. The molecule has 31 heavy (non-hydrogen) atoms. The molecule has 0 heterocycles. The molecule has 2 aliphatic rings. The summed E-state index contributed by atoms with van der Waals surface area (Å²) in [6.45, 7) is 6.17. The van der Waals surface area contributed by atoms with Gasteiger partial charge in [-0.2, -0.15) is 0 Å². The van der Waals surface area contributed by atoms with E-state index < -0.39 is 11.4 Å². The van der Waals surface area contributed by atoms with Crippen LogP contribution in [0.15, 0.2) is 42.0 Å². The van der Waals surface area contributed by atoms with Crippen LogP contribution in [0.25, 0.3) is 5.76 Å². The Morgan fingerprint density at radius 1 is 0.935 bits per heavy atom. The van der Waals surface area contributed by atoms with Gasteiger partial charge in [-0.15, -0.1) is 0 Å². The van der Waals surface area contributed by atoms with Gasteiger partial charge >= 0.3 is 5.97 Å². The lowest BCUT2D eigenvalue weighted by Crippen LogP contribution is -2.32. The Balaban J connectivity index is 1.89. The van der Waals surface area contributed by atoms with E-state index in [0.29, 0.717) is 26.2 Å². The van der Waals surface area contributed by atoms with Gasteiger partial charge in [0, 0.05) is 26.6 Å². The number of carbonyl (C=O) groups is 2. The molecule has 2 aromatic rings. The summed E-state index contributed by atoms with van der Waals surface area (Å²) in [5.74, 6) is -0.581. The van der Waals surface area contributed by atoms with Crippen LogP contribution in [0.1, 0.15) is 49.5 Å². The third kappa shape index (κ3) is 3.51. The number of benzene rings is 2. The summed E-state index contributed by atoms with van der Waals surface area (Å²) in [4.78, 5) is 26.7. The third-order valence-electron chi connectivity index (χ3n) is 7.09. The van der Waals surface area contributed by atoms with Crippen LogP contribution in [0.3, 0.4) is 0 Å². The van der Waals surface area contributed by atoms with Gasteiger partial charge in [0.05, 0.1) is 15.6 Å². The Kier molecular flexibility index (Phi) is 5.71. The summed E-state index contributed by atoms with van der Waals surface area (Å²) in [6, 6.07) is 9.39. The molecule has 3 nitrogen and oxygen atoms in total. The van der Waals surface area contributed by atoms with Gasteiger partial charge in [0.2, 0.25) is 0 Å². The summed E-state index contributed by atoms with van der Waals surface area (Å²) in [5, 5.41) is 1.30. The van der Waals surface area contributed by atoms with E-state index in [2.05, 4.69) is 13.8 Å². The number of esters is 1. The Bertz CT molecular complexity index is 1150. The molecule has 0 saturated heterocycles. The van der Waals surface area contributed by atoms with Gasteiger partial charge in [-0.1, -0.05) is 67.2 Å². The van der Waals surface area contributed by atoms with E-state index in [9.17, 15) is 9.59 Å². The summed E-state index contributed by atoms with van der Waals surface area (Å²) >= 11 is 24.7. The highest BCUT2D eigenvalue weighted by Gasteiger charge is 2.65. The molecule has 162 valence electrons. The Hall–Kier alpha value is -1.52. The van der Waals surface area contributed by atoms with Gasteiger partial charge < -0.3 is 4.74 Å². The van der Waals surface area contributed by atoms with Gasteiger partial charge in [-0.25, -0.2) is 4.79 Å². The van der Waals surface area contributed by atoms with Gasteiger partial charge in [0.15, 0.2) is 5.78 Å². The van der Waals surface area contributed by atoms with E-state index in [1.54, 1.807) is 24.3 Å². The van der Waals surface area contributed by atoms with Gasteiger partial charge in [-0.3, -0.25) is 4.79 Å². The predicted octanol–water partition coefficient (Wildman–Crippen LogP) is 7.89. The number of Topliss-reactive ketones (excluding diaryl/α,β-unsaturated/α-hetero) is 1. The predicted molar refractivity (Wildman–Crippen MR) is 125 cm³/mol. The van der Waals surface area contributed by atoms with Crippen LogP contribution in [0.2, 0.25) is 20.1 Å². The highest BCUT2D eigenvalue weighted by atomic mass is 35.5. The fourth-order valence-corrected chi connectivity index (χ4v) is 5.84. The molecule has 2 saturated carbocycles. The second kappa shape index (κ2) is 7.81. The largest absolute Gasteiger partial charge is 0.422 e. The van der Waals surface area contributed by atoms with Crippen molar-refractivity contribution in [3.05, 3.63) is 73.2 Å². The minimum absolute atomic E-state index is 0.00947. The second-order valence-corrected chi connectivity index (χ2v) is 10.5. The van der Waals surface area contributed by atoms with Crippen molar-refractivity contribution >= 4 is 63.9 Å². The summed E-state index contributed by atoms with van der Waals surface area (Å²) in [7, 11) is 0. The highest BCUT2D eigenvalue weighted by molar-refractivity contribution is 6.37. The third-order valence-corrected chi connectivity index (χ3v) is 8.18. The van der Waals surface area contributed by atoms with Crippen molar-refractivity contribution in [2.24, 2.45) is 16.7 Å². The van der Waals surface area contributed by atoms with Crippen LogP contribution in [0.5, 0.6) is 0 Å². The maximum atomic E-state index is 13.6. The fraction of sp³-hybridized carbons (Fsp3) is 0.333. The van der Waals surface area contributed by atoms with E-state index in [1.165, 1.54) is 12.1 Å². The quantitative estimate of drug-likeness (QED) is 0.246. The summed E-state index contributed by atoms with van der Waals surface area (Å²) in [5.41, 5.74) is 0.298. The summed E-state index contributed by atoms with van der Waals surface area (Å²) < 4.78 is 5.87. The molecule has 2 fully saturated rings. The molecule has 0 unspecified atom stereocenters. The maximum absolute atomic E-state index is 13.6. The van der Waals surface area contributed by atoms with Gasteiger partial charge in [0.1, 0.15) is 5.76 Å². The maximum Gasteiger partial charge on any atom is 0.345 e. The van der Waals surface area contributed by atoms with Crippen molar-refractivity contribution in [1.82, 2.24) is 0 Å². The number of rotatable bonds is 3. The lowest BCUT2D eigenvalue weighted by atomic mass is 9.70. The Morgan fingerprint density at radius 2 is 1.48 bits per heavy atom. The highest BCUT2D eigenvalue weighted by Crippen LogP contribution is 2.66. The zero-order valence-corrected chi connectivity index (χ0v) is 20.2. The van der Waals surface area contributed by atoms with E-state index in [4.69, 9.17) is 51.1 Å². The lowest BCUT2D eigenvalue weighted by Gasteiger charge is -2.31. The molecule has 0 aliphatic heterocycles. The molecule has 0 spiro atoms. The molecule has 4 rings (SSSR count). The van der Waals surface area contributed by atoms with Crippen molar-refractivity contribution < 1.29 is 14.3 Å². The van der Waals surface area contributed by atoms with Crippen LogP contribution in [0.4, 0.5) is 0 Å². The number of hydrogen-bond donors (Lipinski definition) is 0. The second-order valence-electron chi connectivity index (χ2n) is 8.85. The smallest absolute Gasteiger partial charge is 0.345 e. The average molecular weight is 498 g/mol. The van der Waals surface area contributed by atoms with E-state index in [0.717, 1.165) is 12.8 Å².